The molecule has 0 saturated carbocycles. The number of aliphatic hydroxyl groups is 1. The Morgan fingerprint density at radius 2 is 1.50 bits per heavy atom. The van der Waals surface area contributed by atoms with Crippen molar-refractivity contribution in [3.63, 3.8) is 0 Å². The molecule has 0 bridgehead atoms. The first-order valence-corrected chi connectivity index (χ1v) is 12.1. The van der Waals surface area contributed by atoms with Crippen molar-refractivity contribution in [3.05, 3.63) is 49.7 Å². The molecular weight excluding hydrogens is 494 g/mol. The molecule has 172 valence electrons. The summed E-state index contributed by atoms with van der Waals surface area (Å²) in [6, 6.07) is 3.26. The number of hydrogen-bond acceptors (Lipinski definition) is 5. The lowest BCUT2D eigenvalue weighted by Gasteiger charge is -2.49. The van der Waals surface area contributed by atoms with Gasteiger partial charge in [0.2, 0.25) is 0 Å². The van der Waals surface area contributed by atoms with Crippen molar-refractivity contribution in [1.29, 1.82) is 0 Å². The average Bonchev–Trinajstić information content (AvgIpc) is 2.64. The number of allylic oxidation sites excluding steroid dienone is 4. The Morgan fingerprint density at radius 3 is 1.97 bits per heavy atom. The lowest BCUT2D eigenvalue weighted by atomic mass is 9.63. The molecule has 2 aliphatic carbocycles. The molecule has 0 aromatic heterocycles. The van der Waals surface area contributed by atoms with Gasteiger partial charge in [0.05, 0.1) is 11.1 Å². The van der Waals surface area contributed by atoms with Gasteiger partial charge >= 0.3 is 0 Å². The van der Waals surface area contributed by atoms with Gasteiger partial charge in [-0.25, -0.2) is 0 Å². The Bertz CT molecular complexity index is 1030. The zero-order valence-electron chi connectivity index (χ0n) is 18.9. The summed E-state index contributed by atoms with van der Waals surface area (Å²) >= 11 is 9.71. The second-order valence-electron chi connectivity index (χ2n) is 10.7. The highest BCUT2D eigenvalue weighted by Crippen LogP contribution is 2.56. The van der Waals surface area contributed by atoms with Crippen LogP contribution in [0.15, 0.2) is 39.1 Å². The van der Waals surface area contributed by atoms with Gasteiger partial charge in [-0.3, -0.25) is 9.59 Å². The van der Waals surface area contributed by atoms with Gasteiger partial charge in [-0.15, -0.1) is 0 Å². The summed E-state index contributed by atoms with van der Waals surface area (Å²) in [6.45, 7) is 8.49. The van der Waals surface area contributed by atoms with E-state index in [0.717, 1.165) is 11.4 Å². The summed E-state index contributed by atoms with van der Waals surface area (Å²) < 4.78 is 0.425. The minimum atomic E-state index is -0.669. The van der Waals surface area contributed by atoms with Crippen LogP contribution in [0.4, 0.5) is 0 Å². The van der Waals surface area contributed by atoms with E-state index in [2.05, 4.69) is 43.6 Å². The molecule has 1 aromatic carbocycles. The highest BCUT2D eigenvalue weighted by atomic mass is 79.9. The smallest absolute Gasteiger partial charge is 0.162 e. The van der Waals surface area contributed by atoms with Crippen molar-refractivity contribution in [2.45, 2.75) is 59.3 Å². The quantitative estimate of drug-likeness (QED) is 0.549. The van der Waals surface area contributed by atoms with Crippen LogP contribution in [0.25, 0.3) is 0 Å². The third-order valence-corrected chi connectivity index (χ3v) is 7.54. The largest absolute Gasteiger partial charge is 0.506 e. The predicted molar refractivity (Wildman–Crippen MR) is 127 cm³/mol. The summed E-state index contributed by atoms with van der Waals surface area (Å²) in [5.74, 6) is -0.728. The van der Waals surface area contributed by atoms with E-state index < -0.39 is 5.92 Å². The second kappa shape index (κ2) is 8.00. The third kappa shape index (κ3) is 3.95. The standard InChI is InChI=1S/C25H29BrClNO4/c1-24(2)9-16-21(18(30)11-24)20(14-7-13(27)8-15(26)23(14)32)22-17(28(16)5-6-29)10-25(3,4)12-19(22)31/h7-8,20,29,32H,5-6,9-12H2,1-4H3. The number of carbonyl (C=O) groups excluding carboxylic acids is 2. The third-order valence-electron chi connectivity index (χ3n) is 6.71. The molecule has 2 N–H and O–H groups in total. The molecule has 7 heteroatoms. The van der Waals surface area contributed by atoms with E-state index in [1.54, 1.807) is 12.1 Å². The molecule has 0 radical (unpaired) electrons. The molecule has 0 spiro atoms. The van der Waals surface area contributed by atoms with E-state index in [-0.39, 0.29) is 34.8 Å². The van der Waals surface area contributed by atoms with Gasteiger partial charge in [0, 0.05) is 58.4 Å². The SMILES string of the molecule is CC1(C)CC(=O)C2=C(C1)N(CCO)C1=C(C(=O)CC(C)(C)C1)C2c1cc(Cl)cc(Br)c1O. The number of halogens is 2. The molecule has 32 heavy (non-hydrogen) atoms. The van der Waals surface area contributed by atoms with Gasteiger partial charge < -0.3 is 15.1 Å². The molecule has 0 atom stereocenters. The number of rotatable bonds is 3. The Balaban J connectivity index is 2.05. The van der Waals surface area contributed by atoms with Crippen LogP contribution in [0.3, 0.4) is 0 Å². The minimum Gasteiger partial charge on any atom is -0.506 e. The monoisotopic (exact) mass is 521 g/mol. The maximum atomic E-state index is 13.6. The highest BCUT2D eigenvalue weighted by Gasteiger charge is 2.49. The molecular formula is C25H29BrClNO4. The number of β-amino-alcohol motifs (C(OH)–C–C–N with tert-alkyl or cyclic N) is 1. The van der Waals surface area contributed by atoms with E-state index in [4.69, 9.17) is 11.6 Å². The lowest BCUT2D eigenvalue weighted by Crippen LogP contribution is -2.45. The number of nitrogens with zero attached hydrogens (tertiary/aromatic N) is 1. The van der Waals surface area contributed by atoms with Crippen LogP contribution in [-0.4, -0.2) is 39.8 Å². The van der Waals surface area contributed by atoms with Gasteiger partial charge in [-0.1, -0.05) is 39.3 Å². The molecule has 0 saturated heterocycles. The number of ketones is 2. The Morgan fingerprint density at radius 1 is 1.00 bits per heavy atom. The minimum absolute atomic E-state index is 0.0102. The van der Waals surface area contributed by atoms with Gasteiger partial charge in [0.15, 0.2) is 11.6 Å². The van der Waals surface area contributed by atoms with E-state index >= 15 is 0 Å². The summed E-state index contributed by atoms with van der Waals surface area (Å²) in [4.78, 5) is 29.1. The molecule has 5 nitrogen and oxygen atoms in total. The number of carbonyl (C=O) groups is 2. The van der Waals surface area contributed by atoms with Crippen molar-refractivity contribution < 1.29 is 19.8 Å². The van der Waals surface area contributed by atoms with Crippen LogP contribution in [0, 0.1) is 10.8 Å². The zero-order valence-corrected chi connectivity index (χ0v) is 21.2. The zero-order chi connectivity index (χ0) is 23.6. The van der Waals surface area contributed by atoms with Crippen LogP contribution in [-0.2, 0) is 9.59 Å². The number of benzene rings is 1. The van der Waals surface area contributed by atoms with Crippen molar-refractivity contribution in [2.75, 3.05) is 13.2 Å². The molecule has 0 fully saturated rings. The molecule has 1 aromatic rings. The number of Topliss-reactive ketones (excluding diaryl/α,β-unsaturated/α-hetero) is 2. The van der Waals surface area contributed by atoms with Gasteiger partial charge in [-0.05, 0) is 51.7 Å². The summed E-state index contributed by atoms with van der Waals surface area (Å²) in [5.41, 5.74) is 2.79. The maximum Gasteiger partial charge on any atom is 0.162 e. The summed E-state index contributed by atoms with van der Waals surface area (Å²) in [6.07, 6.45) is 2.02. The van der Waals surface area contributed by atoms with E-state index in [1.807, 2.05) is 4.90 Å². The topological polar surface area (TPSA) is 77.8 Å². The Kier molecular flexibility index (Phi) is 5.88. The fourth-order valence-corrected chi connectivity index (χ4v) is 6.37. The maximum absolute atomic E-state index is 13.6. The van der Waals surface area contributed by atoms with Crippen LogP contribution in [0.1, 0.15) is 64.9 Å². The lowest BCUT2D eigenvalue weighted by molar-refractivity contribution is -0.119. The molecule has 1 aliphatic heterocycles. The molecule has 0 unspecified atom stereocenters. The van der Waals surface area contributed by atoms with E-state index in [9.17, 15) is 19.8 Å². The number of phenols is 1. The first-order chi connectivity index (χ1) is 14.8. The summed E-state index contributed by atoms with van der Waals surface area (Å²) in [5, 5.41) is 21.3. The average molecular weight is 523 g/mol. The fraction of sp³-hybridized carbons (Fsp3) is 0.520. The van der Waals surface area contributed by atoms with Gasteiger partial charge in [0.1, 0.15) is 5.75 Å². The van der Waals surface area contributed by atoms with Crippen LogP contribution < -0.4 is 0 Å². The Labute approximate surface area is 202 Å². The normalized spacial score (nSPS) is 22.9. The summed E-state index contributed by atoms with van der Waals surface area (Å²) in [7, 11) is 0. The number of phenolic OH excluding ortho intramolecular Hbond substituents is 1. The van der Waals surface area contributed by atoms with Crippen LogP contribution in [0.2, 0.25) is 5.02 Å². The van der Waals surface area contributed by atoms with Crippen molar-refractivity contribution >= 4 is 39.1 Å². The first-order valence-electron chi connectivity index (χ1n) is 10.9. The molecule has 1 heterocycles. The Hall–Kier alpha value is -1.63. The van der Waals surface area contributed by atoms with E-state index in [0.29, 0.717) is 58.4 Å². The molecule has 0 amide bonds. The van der Waals surface area contributed by atoms with E-state index in [1.165, 1.54) is 0 Å². The van der Waals surface area contributed by atoms with Gasteiger partial charge in [-0.2, -0.15) is 0 Å². The number of hydrogen-bond donors (Lipinski definition) is 2. The van der Waals surface area contributed by atoms with Crippen LogP contribution in [0.5, 0.6) is 5.75 Å². The van der Waals surface area contributed by atoms with Crippen molar-refractivity contribution in [2.24, 2.45) is 10.8 Å². The molecule has 3 aliphatic rings. The van der Waals surface area contributed by atoms with Crippen LogP contribution >= 0.6 is 27.5 Å². The predicted octanol–water partition coefficient (Wildman–Crippen LogP) is 5.49. The first kappa shape index (κ1) is 23.5. The number of aromatic hydroxyl groups is 1. The number of aliphatic hydroxyl groups excluding tert-OH is 1. The second-order valence-corrected chi connectivity index (χ2v) is 12.0. The highest BCUT2D eigenvalue weighted by molar-refractivity contribution is 9.10. The molecule has 4 rings (SSSR count). The fourth-order valence-electron chi connectivity index (χ4n) is 5.53. The van der Waals surface area contributed by atoms with Crippen molar-refractivity contribution in [1.82, 2.24) is 4.90 Å². The van der Waals surface area contributed by atoms with Crippen molar-refractivity contribution in [3.8, 4) is 5.75 Å². The van der Waals surface area contributed by atoms with Gasteiger partial charge in [0.25, 0.3) is 0 Å².